The fourth-order valence-corrected chi connectivity index (χ4v) is 4.73. The van der Waals surface area contributed by atoms with Crippen molar-refractivity contribution in [1.29, 1.82) is 0 Å². The molecular formula is C16H23N2O2+. The number of nitrogens with zero attached hydrogens (tertiary/aromatic N) is 1. The SMILES string of the molecule is O=C1[C@@H]2[C@@H](C(=O)N1C[NH+]1CCCCCC1)[C@H]1C=C[C@@H]2C1. The molecule has 20 heavy (non-hydrogen) atoms. The zero-order valence-corrected chi connectivity index (χ0v) is 11.9. The Bertz CT molecular complexity index is 435. The van der Waals surface area contributed by atoms with E-state index in [9.17, 15) is 9.59 Å². The number of amides is 2. The van der Waals surface area contributed by atoms with Crippen molar-refractivity contribution in [3.8, 4) is 0 Å². The predicted molar refractivity (Wildman–Crippen MR) is 73.6 cm³/mol. The Hall–Kier alpha value is -1.16. The van der Waals surface area contributed by atoms with E-state index in [4.69, 9.17) is 0 Å². The molecule has 0 radical (unpaired) electrons. The van der Waals surface area contributed by atoms with Crippen LogP contribution in [0.3, 0.4) is 0 Å². The number of imide groups is 1. The molecule has 4 aliphatic rings. The van der Waals surface area contributed by atoms with Crippen molar-refractivity contribution in [3.05, 3.63) is 12.2 Å². The summed E-state index contributed by atoms with van der Waals surface area (Å²) in [5, 5.41) is 0. The number of rotatable bonds is 2. The monoisotopic (exact) mass is 275 g/mol. The Labute approximate surface area is 119 Å². The van der Waals surface area contributed by atoms with Crippen LogP contribution in [0.25, 0.3) is 0 Å². The molecular weight excluding hydrogens is 252 g/mol. The second-order valence-electron chi connectivity index (χ2n) is 6.93. The number of likely N-dealkylation sites (tertiary alicyclic amines) is 2. The fourth-order valence-electron chi connectivity index (χ4n) is 4.73. The van der Waals surface area contributed by atoms with Gasteiger partial charge in [-0.3, -0.25) is 9.59 Å². The zero-order valence-electron chi connectivity index (χ0n) is 11.9. The van der Waals surface area contributed by atoms with E-state index in [1.165, 1.54) is 30.6 Å². The molecule has 108 valence electrons. The molecule has 2 saturated heterocycles. The van der Waals surface area contributed by atoms with E-state index < -0.39 is 0 Å². The summed E-state index contributed by atoms with van der Waals surface area (Å²) in [5.41, 5.74) is 0. The highest BCUT2D eigenvalue weighted by Crippen LogP contribution is 2.52. The molecule has 0 aromatic carbocycles. The zero-order chi connectivity index (χ0) is 13.7. The van der Waals surface area contributed by atoms with Crippen LogP contribution in [0.15, 0.2) is 12.2 Å². The first kappa shape index (κ1) is 12.6. The van der Waals surface area contributed by atoms with Crippen LogP contribution in [0, 0.1) is 23.7 Å². The van der Waals surface area contributed by atoms with Crippen molar-refractivity contribution < 1.29 is 14.5 Å². The van der Waals surface area contributed by atoms with Gasteiger partial charge in [-0.25, -0.2) is 4.90 Å². The summed E-state index contributed by atoms with van der Waals surface area (Å²) >= 11 is 0. The highest BCUT2D eigenvalue weighted by Gasteiger charge is 2.59. The molecule has 2 aliphatic heterocycles. The predicted octanol–water partition coefficient (Wildman–Crippen LogP) is 0.210. The summed E-state index contributed by atoms with van der Waals surface area (Å²) < 4.78 is 0. The first-order valence-electron chi connectivity index (χ1n) is 8.13. The van der Waals surface area contributed by atoms with Crippen LogP contribution in [-0.2, 0) is 9.59 Å². The molecule has 2 amide bonds. The van der Waals surface area contributed by atoms with Gasteiger partial charge in [0.25, 0.3) is 0 Å². The summed E-state index contributed by atoms with van der Waals surface area (Å²) in [4.78, 5) is 28.2. The molecule has 4 atom stereocenters. The minimum absolute atomic E-state index is 0.0242. The van der Waals surface area contributed by atoms with Crippen molar-refractivity contribution in [3.63, 3.8) is 0 Å². The standard InChI is InChI=1S/C16H22N2O2/c19-15-13-11-5-6-12(9-11)14(13)16(20)18(15)10-17-7-3-1-2-4-8-17/h5-6,11-14H,1-4,7-10H2/p+1/t11-,12+,13-,14-/m0/s1. The lowest BCUT2D eigenvalue weighted by Gasteiger charge is -2.23. The van der Waals surface area contributed by atoms with Crippen LogP contribution < -0.4 is 4.90 Å². The van der Waals surface area contributed by atoms with Crippen molar-refractivity contribution in [1.82, 2.24) is 4.90 Å². The van der Waals surface area contributed by atoms with Crippen LogP contribution in [0.4, 0.5) is 0 Å². The van der Waals surface area contributed by atoms with E-state index in [2.05, 4.69) is 12.2 Å². The average Bonchev–Trinajstić information content (AvgIpc) is 3.04. The minimum Gasteiger partial charge on any atom is -0.317 e. The van der Waals surface area contributed by atoms with Crippen molar-refractivity contribution >= 4 is 11.8 Å². The number of fused-ring (bicyclic) bond motifs is 5. The number of carbonyl (C=O) groups excluding carboxylic acids is 2. The van der Waals surface area contributed by atoms with E-state index in [1.54, 1.807) is 4.90 Å². The third-order valence-electron chi connectivity index (χ3n) is 5.75. The van der Waals surface area contributed by atoms with E-state index in [1.807, 2.05) is 0 Å². The topological polar surface area (TPSA) is 41.8 Å². The summed E-state index contributed by atoms with van der Waals surface area (Å²) in [7, 11) is 0. The third kappa shape index (κ3) is 1.77. The highest BCUT2D eigenvalue weighted by atomic mass is 16.2. The molecule has 0 unspecified atom stereocenters. The Balaban J connectivity index is 1.50. The molecule has 3 fully saturated rings. The van der Waals surface area contributed by atoms with Crippen LogP contribution in [0.5, 0.6) is 0 Å². The van der Waals surface area contributed by atoms with E-state index >= 15 is 0 Å². The molecule has 2 bridgehead atoms. The van der Waals surface area contributed by atoms with Gasteiger partial charge in [0.2, 0.25) is 11.8 Å². The Morgan fingerprint density at radius 2 is 1.50 bits per heavy atom. The van der Waals surface area contributed by atoms with Crippen molar-refractivity contribution in [2.24, 2.45) is 23.7 Å². The molecule has 0 aromatic rings. The molecule has 2 aliphatic carbocycles. The van der Waals surface area contributed by atoms with E-state index in [0.717, 1.165) is 19.5 Å². The van der Waals surface area contributed by atoms with Crippen LogP contribution in [-0.4, -0.2) is 36.5 Å². The Morgan fingerprint density at radius 1 is 0.950 bits per heavy atom. The summed E-state index contributed by atoms with van der Waals surface area (Å²) in [6.45, 7) is 2.83. The lowest BCUT2D eigenvalue weighted by Crippen LogP contribution is -3.13. The van der Waals surface area contributed by atoms with Gasteiger partial charge < -0.3 is 4.90 Å². The van der Waals surface area contributed by atoms with E-state index in [0.29, 0.717) is 18.5 Å². The number of allylic oxidation sites excluding steroid dienone is 2. The van der Waals surface area contributed by atoms with E-state index in [-0.39, 0.29) is 23.7 Å². The minimum atomic E-state index is -0.0242. The smallest absolute Gasteiger partial charge is 0.238 e. The molecule has 1 saturated carbocycles. The lowest BCUT2D eigenvalue weighted by atomic mass is 9.85. The van der Waals surface area contributed by atoms with Gasteiger partial charge in [0.05, 0.1) is 24.9 Å². The molecule has 4 nitrogen and oxygen atoms in total. The molecule has 0 aromatic heterocycles. The quantitative estimate of drug-likeness (QED) is 0.578. The van der Waals surface area contributed by atoms with Crippen molar-refractivity contribution in [2.45, 2.75) is 32.1 Å². The second-order valence-corrected chi connectivity index (χ2v) is 6.93. The number of quaternary nitrogens is 1. The lowest BCUT2D eigenvalue weighted by molar-refractivity contribution is -0.906. The van der Waals surface area contributed by atoms with Gasteiger partial charge in [-0.1, -0.05) is 12.2 Å². The maximum Gasteiger partial charge on any atom is 0.238 e. The highest BCUT2D eigenvalue weighted by molar-refractivity contribution is 6.06. The first-order chi connectivity index (χ1) is 9.75. The maximum atomic E-state index is 12.6. The average molecular weight is 275 g/mol. The molecule has 2 heterocycles. The molecule has 0 spiro atoms. The van der Waals surface area contributed by atoms with Gasteiger partial charge >= 0.3 is 0 Å². The maximum absolute atomic E-state index is 12.6. The molecule has 4 heteroatoms. The Kier molecular flexibility index (Phi) is 2.95. The largest absolute Gasteiger partial charge is 0.317 e. The second kappa shape index (κ2) is 4.69. The number of carbonyl (C=O) groups is 2. The fraction of sp³-hybridized carbons (Fsp3) is 0.750. The first-order valence-corrected chi connectivity index (χ1v) is 8.13. The van der Waals surface area contributed by atoms with Crippen LogP contribution in [0.2, 0.25) is 0 Å². The van der Waals surface area contributed by atoms with Gasteiger partial charge in [0.1, 0.15) is 0 Å². The van der Waals surface area contributed by atoms with Crippen molar-refractivity contribution in [2.75, 3.05) is 19.8 Å². The summed E-state index contributed by atoms with van der Waals surface area (Å²) in [6.07, 6.45) is 10.4. The van der Waals surface area contributed by atoms with Gasteiger partial charge in [0, 0.05) is 0 Å². The molecule has 4 rings (SSSR count). The number of nitrogens with one attached hydrogen (secondary N) is 1. The number of hydrogen-bond donors (Lipinski definition) is 1. The third-order valence-corrected chi connectivity index (χ3v) is 5.75. The van der Waals surface area contributed by atoms with Gasteiger partial charge in [-0.05, 0) is 43.9 Å². The number of hydrogen-bond acceptors (Lipinski definition) is 2. The molecule has 1 N–H and O–H groups in total. The van der Waals surface area contributed by atoms with Gasteiger partial charge in [-0.15, -0.1) is 0 Å². The Morgan fingerprint density at radius 3 is 2.05 bits per heavy atom. The summed E-state index contributed by atoms with van der Waals surface area (Å²) in [5.74, 6) is 0.867. The van der Waals surface area contributed by atoms with Crippen LogP contribution >= 0.6 is 0 Å². The van der Waals surface area contributed by atoms with Gasteiger partial charge in [0.15, 0.2) is 6.67 Å². The van der Waals surface area contributed by atoms with Crippen LogP contribution in [0.1, 0.15) is 32.1 Å². The van der Waals surface area contributed by atoms with Gasteiger partial charge in [-0.2, -0.15) is 0 Å². The normalized spacial score (nSPS) is 40.5. The summed E-state index contributed by atoms with van der Waals surface area (Å²) in [6, 6.07) is 0.